The summed E-state index contributed by atoms with van der Waals surface area (Å²) < 4.78 is 5.86. The quantitative estimate of drug-likeness (QED) is 0.821. The fourth-order valence-electron chi connectivity index (χ4n) is 3.45. The maximum atomic E-state index is 11.8. The molecule has 4 heteroatoms. The number of amides is 1. The standard InChI is InChI=1S/C14H26N2O2/c1-5-16(4)11(17)9-15-12-10-7-6-8-18-13(10)14(12,2)3/h10,12-13,15H,5-9H2,1-4H3. The Morgan fingerprint density at radius 3 is 2.89 bits per heavy atom. The molecule has 2 aliphatic rings. The molecular weight excluding hydrogens is 228 g/mol. The van der Waals surface area contributed by atoms with Gasteiger partial charge in [0.1, 0.15) is 0 Å². The summed E-state index contributed by atoms with van der Waals surface area (Å²) in [6.07, 6.45) is 2.75. The van der Waals surface area contributed by atoms with Crippen molar-refractivity contribution in [1.29, 1.82) is 0 Å². The fraction of sp³-hybridized carbons (Fsp3) is 0.929. The molecule has 3 atom stereocenters. The number of nitrogens with zero attached hydrogens (tertiary/aromatic N) is 1. The first-order valence-corrected chi connectivity index (χ1v) is 7.07. The van der Waals surface area contributed by atoms with Crippen molar-refractivity contribution < 1.29 is 9.53 Å². The largest absolute Gasteiger partial charge is 0.377 e. The van der Waals surface area contributed by atoms with Gasteiger partial charge in [0.25, 0.3) is 0 Å². The van der Waals surface area contributed by atoms with Crippen LogP contribution in [-0.4, -0.2) is 49.7 Å². The van der Waals surface area contributed by atoms with Crippen molar-refractivity contribution in [1.82, 2.24) is 10.2 Å². The molecule has 104 valence electrons. The van der Waals surface area contributed by atoms with Crippen LogP contribution in [0.15, 0.2) is 0 Å². The molecule has 0 aromatic carbocycles. The Morgan fingerprint density at radius 2 is 2.22 bits per heavy atom. The maximum absolute atomic E-state index is 11.8. The summed E-state index contributed by atoms with van der Waals surface area (Å²) in [5.41, 5.74) is 0.149. The lowest BCUT2D eigenvalue weighted by atomic mass is 9.55. The minimum Gasteiger partial charge on any atom is -0.377 e. The highest BCUT2D eigenvalue weighted by atomic mass is 16.5. The number of carbonyl (C=O) groups is 1. The van der Waals surface area contributed by atoms with Gasteiger partial charge in [0, 0.05) is 37.6 Å². The SMILES string of the molecule is CCN(C)C(=O)CNC1C2CCCOC2C1(C)C. The second-order valence-corrected chi connectivity index (χ2v) is 6.19. The molecular formula is C14H26N2O2. The van der Waals surface area contributed by atoms with E-state index in [9.17, 15) is 4.79 Å². The summed E-state index contributed by atoms with van der Waals surface area (Å²) >= 11 is 0. The minimum atomic E-state index is 0.149. The highest BCUT2D eigenvalue weighted by Crippen LogP contribution is 2.51. The Hall–Kier alpha value is -0.610. The summed E-state index contributed by atoms with van der Waals surface area (Å²) in [4.78, 5) is 13.6. The molecule has 1 heterocycles. The van der Waals surface area contributed by atoms with Crippen LogP contribution in [0.5, 0.6) is 0 Å². The second-order valence-electron chi connectivity index (χ2n) is 6.19. The van der Waals surface area contributed by atoms with Crippen molar-refractivity contribution >= 4 is 5.91 Å². The number of nitrogens with one attached hydrogen (secondary N) is 1. The Kier molecular flexibility index (Phi) is 3.97. The van der Waals surface area contributed by atoms with Gasteiger partial charge in [0.2, 0.25) is 5.91 Å². The molecule has 4 nitrogen and oxygen atoms in total. The van der Waals surface area contributed by atoms with E-state index < -0.39 is 0 Å². The van der Waals surface area contributed by atoms with Crippen molar-refractivity contribution in [3.05, 3.63) is 0 Å². The molecule has 0 aromatic heterocycles. The zero-order valence-corrected chi connectivity index (χ0v) is 12.0. The summed E-state index contributed by atoms with van der Waals surface area (Å²) in [5.74, 6) is 0.766. The van der Waals surface area contributed by atoms with E-state index in [-0.39, 0.29) is 11.3 Å². The first-order chi connectivity index (χ1) is 8.48. The lowest BCUT2D eigenvalue weighted by Gasteiger charge is -2.60. The fourth-order valence-corrected chi connectivity index (χ4v) is 3.45. The molecule has 0 aromatic rings. The van der Waals surface area contributed by atoms with E-state index in [4.69, 9.17) is 4.74 Å². The van der Waals surface area contributed by atoms with Crippen LogP contribution in [-0.2, 0) is 9.53 Å². The van der Waals surface area contributed by atoms with Crippen LogP contribution in [0.1, 0.15) is 33.6 Å². The molecule has 0 spiro atoms. The average Bonchev–Trinajstić information content (AvgIpc) is 2.37. The topological polar surface area (TPSA) is 41.6 Å². The predicted molar refractivity (Wildman–Crippen MR) is 71.3 cm³/mol. The van der Waals surface area contributed by atoms with Crippen LogP contribution >= 0.6 is 0 Å². The molecule has 2 rings (SSSR count). The van der Waals surface area contributed by atoms with Crippen LogP contribution < -0.4 is 5.32 Å². The van der Waals surface area contributed by atoms with Gasteiger partial charge in [-0.2, -0.15) is 0 Å². The third kappa shape index (κ3) is 2.28. The Balaban J connectivity index is 1.87. The van der Waals surface area contributed by atoms with E-state index in [1.165, 1.54) is 6.42 Å². The van der Waals surface area contributed by atoms with Gasteiger partial charge in [-0.05, 0) is 19.8 Å². The van der Waals surface area contributed by atoms with Gasteiger partial charge in [0.05, 0.1) is 12.6 Å². The van der Waals surface area contributed by atoms with Gasteiger partial charge < -0.3 is 15.0 Å². The van der Waals surface area contributed by atoms with Crippen LogP contribution in [0, 0.1) is 11.3 Å². The molecule has 0 bridgehead atoms. The van der Waals surface area contributed by atoms with E-state index in [1.807, 2.05) is 14.0 Å². The smallest absolute Gasteiger partial charge is 0.236 e. The number of fused-ring (bicyclic) bond motifs is 1. The molecule has 3 unspecified atom stereocenters. The summed E-state index contributed by atoms with van der Waals surface area (Å²) in [6.45, 7) is 8.59. The van der Waals surface area contributed by atoms with Gasteiger partial charge in [-0.25, -0.2) is 0 Å². The Labute approximate surface area is 110 Å². The third-order valence-electron chi connectivity index (χ3n) is 4.70. The van der Waals surface area contributed by atoms with Gasteiger partial charge in [-0.3, -0.25) is 4.79 Å². The van der Waals surface area contributed by atoms with E-state index in [0.717, 1.165) is 19.6 Å². The molecule has 1 aliphatic carbocycles. The number of hydrogen-bond donors (Lipinski definition) is 1. The molecule has 0 radical (unpaired) electrons. The van der Waals surface area contributed by atoms with Gasteiger partial charge in [-0.1, -0.05) is 13.8 Å². The van der Waals surface area contributed by atoms with Gasteiger partial charge >= 0.3 is 0 Å². The molecule has 1 aliphatic heterocycles. The number of rotatable bonds is 4. The molecule has 2 fully saturated rings. The number of likely N-dealkylation sites (N-methyl/N-ethyl adjacent to an activating group) is 1. The first-order valence-electron chi connectivity index (χ1n) is 7.07. The van der Waals surface area contributed by atoms with Crippen molar-refractivity contribution in [2.75, 3.05) is 26.7 Å². The van der Waals surface area contributed by atoms with Crippen molar-refractivity contribution in [3.8, 4) is 0 Å². The van der Waals surface area contributed by atoms with Crippen molar-refractivity contribution in [3.63, 3.8) is 0 Å². The Bertz CT molecular complexity index is 317. The summed E-state index contributed by atoms with van der Waals surface area (Å²) in [7, 11) is 1.85. The maximum Gasteiger partial charge on any atom is 0.236 e. The zero-order valence-electron chi connectivity index (χ0n) is 12.0. The van der Waals surface area contributed by atoms with Crippen molar-refractivity contribution in [2.45, 2.75) is 45.8 Å². The average molecular weight is 254 g/mol. The molecule has 18 heavy (non-hydrogen) atoms. The van der Waals surface area contributed by atoms with E-state index in [1.54, 1.807) is 4.90 Å². The molecule has 1 amide bonds. The highest BCUT2D eigenvalue weighted by molar-refractivity contribution is 5.77. The Morgan fingerprint density at radius 1 is 1.50 bits per heavy atom. The summed E-state index contributed by atoms with van der Waals surface area (Å²) in [5, 5.41) is 3.45. The monoisotopic (exact) mass is 254 g/mol. The first kappa shape index (κ1) is 13.8. The van der Waals surface area contributed by atoms with Crippen LogP contribution in [0.4, 0.5) is 0 Å². The van der Waals surface area contributed by atoms with Crippen LogP contribution in [0.25, 0.3) is 0 Å². The van der Waals surface area contributed by atoms with Crippen LogP contribution in [0.3, 0.4) is 0 Å². The molecule has 1 saturated heterocycles. The lowest BCUT2D eigenvalue weighted by Crippen LogP contribution is -2.69. The van der Waals surface area contributed by atoms with Gasteiger partial charge in [-0.15, -0.1) is 0 Å². The number of ether oxygens (including phenoxy) is 1. The summed E-state index contributed by atoms with van der Waals surface area (Å²) in [6, 6.07) is 0.414. The number of hydrogen-bond acceptors (Lipinski definition) is 3. The molecule has 1 N–H and O–H groups in total. The van der Waals surface area contributed by atoms with Crippen LogP contribution in [0.2, 0.25) is 0 Å². The zero-order chi connectivity index (χ0) is 13.3. The predicted octanol–water partition coefficient (Wildman–Crippen LogP) is 1.26. The van der Waals surface area contributed by atoms with E-state index in [2.05, 4.69) is 19.2 Å². The van der Waals surface area contributed by atoms with Gasteiger partial charge in [0.15, 0.2) is 0 Å². The normalized spacial score (nSPS) is 33.4. The highest BCUT2D eigenvalue weighted by Gasteiger charge is 2.57. The third-order valence-corrected chi connectivity index (χ3v) is 4.70. The van der Waals surface area contributed by atoms with E-state index >= 15 is 0 Å². The lowest BCUT2D eigenvalue weighted by molar-refractivity contribution is -0.192. The van der Waals surface area contributed by atoms with Crippen molar-refractivity contribution in [2.24, 2.45) is 11.3 Å². The number of carbonyl (C=O) groups excluding carboxylic acids is 1. The molecule has 1 saturated carbocycles. The minimum absolute atomic E-state index is 0.149. The van der Waals surface area contributed by atoms with E-state index in [0.29, 0.717) is 24.6 Å². The second kappa shape index (κ2) is 5.17.